The lowest BCUT2D eigenvalue weighted by atomic mass is 9.63. The summed E-state index contributed by atoms with van der Waals surface area (Å²) in [5.74, 6) is 0.252. The Hall–Kier alpha value is -1.90. The van der Waals surface area contributed by atoms with Crippen LogP contribution in [0.3, 0.4) is 0 Å². The quantitative estimate of drug-likeness (QED) is 0.681. The number of rotatable bonds is 6. The van der Waals surface area contributed by atoms with Gasteiger partial charge in [-0.15, -0.1) is 6.58 Å². The number of benzene rings is 2. The number of hydrogen-bond donors (Lipinski definition) is 2. The van der Waals surface area contributed by atoms with E-state index in [-0.39, 0.29) is 23.9 Å². The predicted molar refractivity (Wildman–Crippen MR) is 109 cm³/mol. The van der Waals surface area contributed by atoms with Crippen LogP contribution in [-0.4, -0.2) is 10.7 Å². The molecule has 1 aliphatic rings. The van der Waals surface area contributed by atoms with Crippen LogP contribution < -0.4 is 5.32 Å². The first-order valence-corrected chi connectivity index (χ1v) is 9.81. The molecule has 2 aromatic rings. The fraction of sp³-hybridized carbons (Fsp3) is 0.417. The first-order chi connectivity index (χ1) is 12.6. The molecule has 2 heteroatoms. The standard InChI is InChI=1S/C24H31NO/c1-4-12-21-23(20-15-10-7-11-16-20)25-22(19-13-8-6-9-14-19)18(3)24(21,26)17-5-2/h5-11,13-16,18,21-23,25-26H,2,4,12,17H2,1,3H3/t18-,21+,22+,23+,24-/m1/s1. The molecule has 0 radical (unpaired) electrons. The van der Waals surface area contributed by atoms with Gasteiger partial charge >= 0.3 is 0 Å². The van der Waals surface area contributed by atoms with Crippen molar-refractivity contribution in [1.82, 2.24) is 5.32 Å². The first kappa shape index (κ1) is 18.9. The van der Waals surface area contributed by atoms with E-state index in [1.54, 1.807) is 0 Å². The molecular formula is C24H31NO. The van der Waals surface area contributed by atoms with Crippen LogP contribution in [0.1, 0.15) is 56.3 Å². The Kier molecular flexibility index (Phi) is 5.95. The Bertz CT molecular complexity index is 699. The average molecular weight is 350 g/mol. The van der Waals surface area contributed by atoms with E-state index in [9.17, 15) is 5.11 Å². The third-order valence-electron chi connectivity index (χ3n) is 6.08. The SMILES string of the molecule is C=CC[C@@]1(O)[C@H](C)[C@@H](c2ccccc2)N[C@@H](c2ccccc2)[C@@H]1CCC. The van der Waals surface area contributed by atoms with Crippen molar-refractivity contribution < 1.29 is 5.11 Å². The lowest BCUT2D eigenvalue weighted by molar-refractivity contribution is -0.117. The summed E-state index contributed by atoms with van der Waals surface area (Å²) >= 11 is 0. The monoisotopic (exact) mass is 349 g/mol. The van der Waals surface area contributed by atoms with Crippen molar-refractivity contribution >= 4 is 0 Å². The van der Waals surface area contributed by atoms with Crippen LogP contribution >= 0.6 is 0 Å². The van der Waals surface area contributed by atoms with E-state index in [2.05, 4.69) is 74.3 Å². The number of hydrogen-bond acceptors (Lipinski definition) is 2. The van der Waals surface area contributed by atoms with Gasteiger partial charge in [0.2, 0.25) is 0 Å². The molecule has 0 saturated carbocycles. The van der Waals surface area contributed by atoms with Gasteiger partial charge in [-0.3, -0.25) is 0 Å². The van der Waals surface area contributed by atoms with Gasteiger partial charge in [0.15, 0.2) is 0 Å². The summed E-state index contributed by atoms with van der Waals surface area (Å²) in [6.07, 6.45) is 4.54. The molecule has 0 spiro atoms. The molecule has 3 rings (SSSR count). The van der Waals surface area contributed by atoms with Crippen LogP contribution in [0.15, 0.2) is 73.3 Å². The second kappa shape index (κ2) is 8.20. The third kappa shape index (κ3) is 3.49. The molecule has 0 unspecified atom stereocenters. The molecule has 2 N–H and O–H groups in total. The molecule has 5 atom stereocenters. The van der Waals surface area contributed by atoms with E-state index in [0.717, 1.165) is 12.8 Å². The topological polar surface area (TPSA) is 32.3 Å². The highest BCUT2D eigenvalue weighted by atomic mass is 16.3. The largest absolute Gasteiger partial charge is 0.389 e. The van der Waals surface area contributed by atoms with Crippen molar-refractivity contribution in [2.75, 3.05) is 0 Å². The Morgan fingerprint density at radius 2 is 1.54 bits per heavy atom. The van der Waals surface area contributed by atoms with E-state index >= 15 is 0 Å². The van der Waals surface area contributed by atoms with E-state index in [1.165, 1.54) is 11.1 Å². The number of nitrogens with one attached hydrogen (secondary N) is 1. The molecule has 0 aliphatic carbocycles. The smallest absolute Gasteiger partial charge is 0.0771 e. The molecule has 0 aromatic heterocycles. The lowest BCUT2D eigenvalue weighted by Gasteiger charge is -2.53. The van der Waals surface area contributed by atoms with Gasteiger partial charge in [-0.25, -0.2) is 0 Å². The summed E-state index contributed by atoms with van der Waals surface area (Å²) in [5.41, 5.74) is 1.71. The minimum Gasteiger partial charge on any atom is -0.389 e. The van der Waals surface area contributed by atoms with Crippen LogP contribution in [0.5, 0.6) is 0 Å². The van der Waals surface area contributed by atoms with Gasteiger partial charge in [0.05, 0.1) is 5.60 Å². The van der Waals surface area contributed by atoms with Crippen LogP contribution in [0.25, 0.3) is 0 Å². The minimum absolute atomic E-state index is 0.0967. The summed E-state index contributed by atoms with van der Waals surface area (Å²) in [4.78, 5) is 0. The van der Waals surface area contributed by atoms with E-state index < -0.39 is 5.60 Å². The normalized spacial score (nSPS) is 31.5. The van der Waals surface area contributed by atoms with Gasteiger partial charge in [0, 0.05) is 23.9 Å². The van der Waals surface area contributed by atoms with Crippen molar-refractivity contribution in [1.29, 1.82) is 0 Å². The Morgan fingerprint density at radius 3 is 2.04 bits per heavy atom. The summed E-state index contributed by atoms with van der Waals surface area (Å²) in [7, 11) is 0. The molecule has 26 heavy (non-hydrogen) atoms. The highest BCUT2D eigenvalue weighted by molar-refractivity contribution is 5.28. The predicted octanol–water partition coefficient (Wildman–Crippen LogP) is 5.43. The van der Waals surface area contributed by atoms with Gasteiger partial charge < -0.3 is 10.4 Å². The molecule has 1 saturated heterocycles. The molecule has 2 aromatic carbocycles. The Morgan fingerprint density at radius 1 is 1.00 bits per heavy atom. The van der Waals surface area contributed by atoms with Crippen LogP contribution in [0.2, 0.25) is 0 Å². The zero-order chi connectivity index (χ0) is 18.6. The highest BCUT2D eigenvalue weighted by Crippen LogP contribution is 2.50. The van der Waals surface area contributed by atoms with Crippen molar-refractivity contribution in [3.05, 3.63) is 84.4 Å². The van der Waals surface area contributed by atoms with Crippen molar-refractivity contribution in [2.45, 2.75) is 50.8 Å². The zero-order valence-electron chi connectivity index (χ0n) is 15.9. The van der Waals surface area contributed by atoms with E-state index in [0.29, 0.717) is 6.42 Å². The van der Waals surface area contributed by atoms with Gasteiger partial charge in [0.25, 0.3) is 0 Å². The zero-order valence-corrected chi connectivity index (χ0v) is 15.9. The maximum Gasteiger partial charge on any atom is 0.0771 e. The van der Waals surface area contributed by atoms with Crippen molar-refractivity contribution in [3.63, 3.8) is 0 Å². The highest BCUT2D eigenvalue weighted by Gasteiger charge is 2.51. The van der Waals surface area contributed by atoms with Crippen molar-refractivity contribution in [2.24, 2.45) is 11.8 Å². The van der Waals surface area contributed by atoms with Gasteiger partial charge in [-0.2, -0.15) is 0 Å². The average Bonchev–Trinajstić information content (AvgIpc) is 2.68. The molecule has 138 valence electrons. The molecule has 0 bridgehead atoms. The number of aliphatic hydroxyl groups is 1. The van der Waals surface area contributed by atoms with E-state index in [1.807, 2.05) is 18.2 Å². The lowest BCUT2D eigenvalue weighted by Crippen LogP contribution is -2.58. The molecule has 1 fully saturated rings. The Labute approximate surface area is 158 Å². The van der Waals surface area contributed by atoms with Gasteiger partial charge in [0.1, 0.15) is 0 Å². The summed E-state index contributed by atoms with van der Waals surface area (Å²) in [5, 5.41) is 15.8. The second-order valence-electron chi connectivity index (χ2n) is 7.61. The van der Waals surface area contributed by atoms with Crippen LogP contribution in [0.4, 0.5) is 0 Å². The molecule has 2 nitrogen and oxygen atoms in total. The minimum atomic E-state index is -0.774. The number of piperidine rings is 1. The molecule has 1 heterocycles. The molecule has 0 amide bonds. The van der Waals surface area contributed by atoms with Crippen molar-refractivity contribution in [3.8, 4) is 0 Å². The Balaban J connectivity index is 2.07. The van der Waals surface area contributed by atoms with Gasteiger partial charge in [-0.05, 0) is 24.0 Å². The van der Waals surface area contributed by atoms with Crippen LogP contribution in [-0.2, 0) is 0 Å². The molecular weight excluding hydrogens is 318 g/mol. The van der Waals surface area contributed by atoms with E-state index in [4.69, 9.17) is 0 Å². The third-order valence-corrected chi connectivity index (χ3v) is 6.08. The molecule has 1 aliphatic heterocycles. The summed E-state index contributed by atoms with van der Waals surface area (Å²) in [6, 6.07) is 21.3. The summed E-state index contributed by atoms with van der Waals surface area (Å²) < 4.78 is 0. The second-order valence-corrected chi connectivity index (χ2v) is 7.61. The van der Waals surface area contributed by atoms with Gasteiger partial charge in [-0.1, -0.05) is 87.0 Å². The fourth-order valence-corrected chi connectivity index (χ4v) is 4.70. The van der Waals surface area contributed by atoms with Crippen LogP contribution in [0, 0.1) is 11.8 Å². The summed E-state index contributed by atoms with van der Waals surface area (Å²) in [6.45, 7) is 8.32. The first-order valence-electron chi connectivity index (χ1n) is 9.81. The maximum absolute atomic E-state index is 11.9. The maximum atomic E-state index is 11.9. The fourth-order valence-electron chi connectivity index (χ4n) is 4.70.